The topological polar surface area (TPSA) is 67.6 Å². The number of nitrogens with two attached hydrogens (primary N) is 1. The van der Waals surface area contributed by atoms with Crippen molar-refractivity contribution in [1.82, 2.24) is 15.0 Å². The number of aromatic amines is 1. The van der Waals surface area contributed by atoms with Crippen molar-refractivity contribution in [3.63, 3.8) is 0 Å². The molecule has 2 aromatic heterocycles. The zero-order chi connectivity index (χ0) is 13.6. The van der Waals surface area contributed by atoms with Gasteiger partial charge in [-0.2, -0.15) is 0 Å². The van der Waals surface area contributed by atoms with Crippen LogP contribution in [0.5, 0.6) is 0 Å². The van der Waals surface area contributed by atoms with E-state index in [9.17, 15) is 8.78 Å². The van der Waals surface area contributed by atoms with E-state index in [1.807, 2.05) is 13.0 Å². The van der Waals surface area contributed by atoms with E-state index in [-0.39, 0.29) is 17.1 Å². The zero-order valence-electron chi connectivity index (χ0n) is 10.0. The van der Waals surface area contributed by atoms with Crippen molar-refractivity contribution in [2.45, 2.75) is 6.92 Å². The summed E-state index contributed by atoms with van der Waals surface area (Å²) in [6.07, 6.45) is 1.67. The Bertz CT molecular complexity index is 780. The second kappa shape index (κ2) is 4.01. The number of nitrogens with zero attached hydrogens (tertiary/aromatic N) is 2. The lowest BCUT2D eigenvalue weighted by atomic mass is 10.1. The van der Waals surface area contributed by atoms with Gasteiger partial charge in [0.15, 0.2) is 5.65 Å². The molecule has 6 heteroatoms. The van der Waals surface area contributed by atoms with Gasteiger partial charge in [-0.3, -0.25) is 0 Å². The molecule has 1 aromatic carbocycles. The van der Waals surface area contributed by atoms with E-state index in [4.69, 9.17) is 5.73 Å². The fourth-order valence-electron chi connectivity index (χ4n) is 1.88. The number of aromatic nitrogens is 3. The lowest BCUT2D eigenvalue weighted by Crippen LogP contribution is -1.95. The standard InChI is InChI=1S/C13H10F2N4/c1-6-2-11-13(17-5-6)19-12(18-11)7-3-10(16)9(15)4-8(7)14/h2-5H,16H2,1H3,(H,17,18,19). The van der Waals surface area contributed by atoms with Gasteiger partial charge in [0.1, 0.15) is 17.5 Å². The molecule has 0 amide bonds. The predicted molar refractivity (Wildman–Crippen MR) is 68.4 cm³/mol. The number of nitrogens with one attached hydrogen (secondary N) is 1. The highest BCUT2D eigenvalue weighted by Crippen LogP contribution is 2.26. The molecule has 0 atom stereocenters. The molecule has 3 aromatic rings. The van der Waals surface area contributed by atoms with Crippen LogP contribution in [-0.4, -0.2) is 15.0 Å². The van der Waals surface area contributed by atoms with Gasteiger partial charge < -0.3 is 10.7 Å². The number of rotatable bonds is 1. The third kappa shape index (κ3) is 1.91. The smallest absolute Gasteiger partial charge is 0.178 e. The van der Waals surface area contributed by atoms with Gasteiger partial charge in [-0.1, -0.05) is 0 Å². The van der Waals surface area contributed by atoms with Gasteiger partial charge in [-0.25, -0.2) is 18.7 Å². The first kappa shape index (κ1) is 11.6. The summed E-state index contributed by atoms with van der Waals surface area (Å²) in [7, 11) is 0. The Hall–Kier alpha value is -2.50. The highest BCUT2D eigenvalue weighted by molar-refractivity contribution is 5.77. The summed E-state index contributed by atoms with van der Waals surface area (Å²) in [6.45, 7) is 1.89. The average molecular weight is 260 g/mol. The van der Waals surface area contributed by atoms with E-state index < -0.39 is 11.6 Å². The summed E-state index contributed by atoms with van der Waals surface area (Å²) in [5.41, 5.74) is 7.57. The molecular formula is C13H10F2N4. The molecule has 0 aliphatic heterocycles. The lowest BCUT2D eigenvalue weighted by Gasteiger charge is -2.02. The third-order valence-corrected chi connectivity index (χ3v) is 2.82. The van der Waals surface area contributed by atoms with Crippen molar-refractivity contribution in [2.24, 2.45) is 0 Å². The first-order valence-corrected chi connectivity index (χ1v) is 5.62. The second-order valence-electron chi connectivity index (χ2n) is 4.32. The normalized spacial score (nSPS) is 11.1. The number of benzene rings is 1. The molecule has 0 spiro atoms. The van der Waals surface area contributed by atoms with Gasteiger partial charge in [0, 0.05) is 12.3 Å². The fourth-order valence-corrected chi connectivity index (χ4v) is 1.88. The third-order valence-electron chi connectivity index (χ3n) is 2.82. The molecule has 4 nitrogen and oxygen atoms in total. The van der Waals surface area contributed by atoms with Gasteiger partial charge in [0.05, 0.1) is 16.8 Å². The molecule has 0 fully saturated rings. The molecule has 3 N–H and O–H groups in total. The van der Waals surface area contributed by atoms with Crippen molar-refractivity contribution in [3.8, 4) is 11.4 Å². The van der Waals surface area contributed by atoms with Crippen molar-refractivity contribution < 1.29 is 8.78 Å². The molecule has 0 bridgehead atoms. The number of fused-ring (bicyclic) bond motifs is 1. The monoisotopic (exact) mass is 260 g/mol. The van der Waals surface area contributed by atoms with E-state index >= 15 is 0 Å². The molecule has 0 saturated heterocycles. The van der Waals surface area contributed by atoms with E-state index in [1.165, 1.54) is 6.07 Å². The highest BCUT2D eigenvalue weighted by atomic mass is 19.1. The van der Waals surface area contributed by atoms with E-state index in [2.05, 4.69) is 15.0 Å². The Kier molecular flexibility index (Phi) is 2.45. The van der Waals surface area contributed by atoms with Crippen LogP contribution in [0.15, 0.2) is 24.4 Å². The first-order valence-electron chi connectivity index (χ1n) is 5.62. The Morgan fingerprint density at radius 3 is 2.74 bits per heavy atom. The molecule has 2 heterocycles. The van der Waals surface area contributed by atoms with E-state index in [0.29, 0.717) is 11.2 Å². The summed E-state index contributed by atoms with van der Waals surface area (Å²) >= 11 is 0. The maximum atomic E-state index is 13.7. The molecular weight excluding hydrogens is 250 g/mol. The summed E-state index contributed by atoms with van der Waals surface area (Å²) in [4.78, 5) is 11.2. The van der Waals surface area contributed by atoms with Crippen LogP contribution in [0, 0.1) is 18.6 Å². The SMILES string of the molecule is Cc1cnc2nc(-c3cc(N)c(F)cc3F)[nH]c2c1. The van der Waals surface area contributed by atoms with Crippen molar-refractivity contribution >= 4 is 16.9 Å². The zero-order valence-corrected chi connectivity index (χ0v) is 10.0. The number of hydrogen-bond acceptors (Lipinski definition) is 3. The Morgan fingerprint density at radius 2 is 1.95 bits per heavy atom. The lowest BCUT2D eigenvalue weighted by molar-refractivity contribution is 0.588. The van der Waals surface area contributed by atoms with Crippen LogP contribution in [0.1, 0.15) is 5.56 Å². The Labute approximate surface area is 107 Å². The van der Waals surface area contributed by atoms with Crippen LogP contribution in [0.4, 0.5) is 14.5 Å². The number of imidazole rings is 1. The van der Waals surface area contributed by atoms with E-state index in [0.717, 1.165) is 11.6 Å². The maximum Gasteiger partial charge on any atom is 0.178 e. The molecule has 0 aliphatic rings. The van der Waals surface area contributed by atoms with Crippen molar-refractivity contribution in [1.29, 1.82) is 0 Å². The Balaban J connectivity index is 2.21. The van der Waals surface area contributed by atoms with Crippen LogP contribution >= 0.6 is 0 Å². The highest BCUT2D eigenvalue weighted by Gasteiger charge is 2.13. The number of nitrogen functional groups attached to an aromatic ring is 1. The van der Waals surface area contributed by atoms with Crippen molar-refractivity contribution in [3.05, 3.63) is 41.6 Å². The van der Waals surface area contributed by atoms with Crippen LogP contribution < -0.4 is 5.73 Å². The van der Waals surface area contributed by atoms with Crippen LogP contribution in [0.2, 0.25) is 0 Å². The predicted octanol–water partition coefficient (Wildman–Crippen LogP) is 2.79. The quantitative estimate of drug-likeness (QED) is 0.661. The number of halogens is 2. The molecule has 0 radical (unpaired) electrons. The Morgan fingerprint density at radius 1 is 1.16 bits per heavy atom. The minimum absolute atomic E-state index is 0.120. The van der Waals surface area contributed by atoms with Crippen molar-refractivity contribution in [2.75, 3.05) is 5.73 Å². The van der Waals surface area contributed by atoms with Crippen LogP contribution in [0.25, 0.3) is 22.6 Å². The van der Waals surface area contributed by atoms with Crippen LogP contribution in [-0.2, 0) is 0 Å². The van der Waals surface area contributed by atoms with Gasteiger partial charge in [0.25, 0.3) is 0 Å². The molecule has 96 valence electrons. The summed E-state index contributed by atoms with van der Waals surface area (Å²) in [5.74, 6) is -1.23. The number of hydrogen-bond donors (Lipinski definition) is 2. The minimum atomic E-state index is -0.786. The second-order valence-corrected chi connectivity index (χ2v) is 4.32. The molecule has 0 unspecified atom stereocenters. The van der Waals surface area contributed by atoms with E-state index in [1.54, 1.807) is 6.20 Å². The van der Waals surface area contributed by atoms with Crippen LogP contribution in [0.3, 0.4) is 0 Å². The van der Waals surface area contributed by atoms with Gasteiger partial charge in [0.2, 0.25) is 0 Å². The van der Waals surface area contributed by atoms with Gasteiger partial charge in [-0.15, -0.1) is 0 Å². The average Bonchev–Trinajstić information content (AvgIpc) is 2.76. The summed E-state index contributed by atoms with van der Waals surface area (Å²) in [6, 6.07) is 3.81. The molecule has 0 saturated carbocycles. The summed E-state index contributed by atoms with van der Waals surface area (Å²) < 4.78 is 26.9. The number of H-pyrrole nitrogens is 1. The number of aryl methyl sites for hydroxylation is 1. The molecule has 3 rings (SSSR count). The fraction of sp³-hybridized carbons (Fsp3) is 0.0769. The number of pyridine rings is 1. The largest absolute Gasteiger partial charge is 0.396 e. The first-order chi connectivity index (χ1) is 9.04. The summed E-state index contributed by atoms with van der Waals surface area (Å²) in [5, 5.41) is 0. The molecule has 19 heavy (non-hydrogen) atoms. The maximum absolute atomic E-state index is 13.7. The van der Waals surface area contributed by atoms with Gasteiger partial charge >= 0.3 is 0 Å². The molecule has 0 aliphatic carbocycles. The number of anilines is 1. The van der Waals surface area contributed by atoms with Gasteiger partial charge in [-0.05, 0) is 24.6 Å². The minimum Gasteiger partial charge on any atom is -0.396 e.